The van der Waals surface area contributed by atoms with Gasteiger partial charge in [-0.25, -0.2) is 0 Å². The fourth-order valence-electron chi connectivity index (χ4n) is 2.62. The van der Waals surface area contributed by atoms with Crippen LogP contribution in [0.2, 0.25) is 0 Å². The first-order valence-corrected chi connectivity index (χ1v) is 8.09. The first kappa shape index (κ1) is 16.1. The topological polar surface area (TPSA) is 35.5 Å². The molecule has 0 atom stereocenters. The monoisotopic (exact) mass is 320 g/mol. The number of carbonyl (C=O) groups excluding carboxylic acids is 1. The van der Waals surface area contributed by atoms with E-state index in [4.69, 9.17) is 9.47 Å². The summed E-state index contributed by atoms with van der Waals surface area (Å²) in [5.74, 6) is 0.536. The van der Waals surface area contributed by atoms with Gasteiger partial charge in [0.1, 0.15) is 12.4 Å². The molecule has 3 rings (SSSR count). The van der Waals surface area contributed by atoms with Gasteiger partial charge in [-0.05, 0) is 47.0 Å². The van der Waals surface area contributed by atoms with Crippen molar-refractivity contribution in [2.24, 2.45) is 0 Å². The molecule has 3 nitrogen and oxygen atoms in total. The Morgan fingerprint density at radius 1 is 0.875 bits per heavy atom. The minimum Gasteiger partial charge on any atom is -0.489 e. The molecule has 0 aliphatic rings. The zero-order chi connectivity index (χ0) is 16.8. The number of benzene rings is 3. The molecule has 0 amide bonds. The van der Waals surface area contributed by atoms with E-state index in [1.54, 1.807) is 6.92 Å². The fraction of sp³-hybridized carbons (Fsp3) is 0.190. The Bertz CT molecular complexity index is 839. The lowest BCUT2D eigenvalue weighted by Gasteiger charge is -2.09. The molecule has 0 N–H and O–H groups in total. The van der Waals surface area contributed by atoms with Crippen LogP contribution in [-0.2, 0) is 22.6 Å². The highest BCUT2D eigenvalue weighted by Gasteiger charge is 2.05. The molecule has 0 radical (unpaired) electrons. The molecule has 24 heavy (non-hydrogen) atoms. The quantitative estimate of drug-likeness (QED) is 0.626. The Balaban J connectivity index is 1.66. The highest BCUT2D eigenvalue weighted by Crippen LogP contribution is 2.19. The van der Waals surface area contributed by atoms with Crippen molar-refractivity contribution in [3.63, 3.8) is 0 Å². The van der Waals surface area contributed by atoms with Crippen molar-refractivity contribution >= 4 is 16.7 Å². The second-order valence-corrected chi connectivity index (χ2v) is 5.60. The van der Waals surface area contributed by atoms with Gasteiger partial charge < -0.3 is 9.47 Å². The van der Waals surface area contributed by atoms with E-state index < -0.39 is 0 Å². The predicted molar refractivity (Wildman–Crippen MR) is 95.1 cm³/mol. The van der Waals surface area contributed by atoms with Crippen LogP contribution in [0.15, 0.2) is 66.7 Å². The van der Waals surface area contributed by atoms with E-state index in [9.17, 15) is 4.79 Å². The third-order valence-electron chi connectivity index (χ3n) is 3.77. The number of hydrogen-bond donors (Lipinski definition) is 0. The average molecular weight is 320 g/mol. The van der Waals surface area contributed by atoms with Crippen molar-refractivity contribution in [3.05, 3.63) is 77.9 Å². The maximum Gasteiger partial charge on any atom is 0.310 e. The molecule has 3 aromatic rings. The van der Waals surface area contributed by atoms with Crippen LogP contribution in [0.25, 0.3) is 10.8 Å². The molecule has 0 saturated heterocycles. The second-order valence-electron chi connectivity index (χ2n) is 5.60. The number of esters is 1. The van der Waals surface area contributed by atoms with Gasteiger partial charge in [0.15, 0.2) is 0 Å². The van der Waals surface area contributed by atoms with Crippen molar-refractivity contribution in [1.82, 2.24) is 0 Å². The minimum atomic E-state index is -0.218. The van der Waals surface area contributed by atoms with Crippen molar-refractivity contribution in [3.8, 4) is 5.75 Å². The lowest BCUT2D eigenvalue weighted by molar-refractivity contribution is -0.142. The van der Waals surface area contributed by atoms with Crippen LogP contribution < -0.4 is 4.74 Å². The summed E-state index contributed by atoms with van der Waals surface area (Å²) >= 11 is 0. The Kier molecular flexibility index (Phi) is 5.12. The van der Waals surface area contributed by atoms with Crippen LogP contribution in [0.4, 0.5) is 0 Å². The summed E-state index contributed by atoms with van der Waals surface area (Å²) in [7, 11) is 0. The smallest absolute Gasteiger partial charge is 0.310 e. The lowest BCUT2D eigenvalue weighted by atomic mass is 10.1. The van der Waals surface area contributed by atoms with E-state index >= 15 is 0 Å². The summed E-state index contributed by atoms with van der Waals surface area (Å²) in [4.78, 5) is 11.6. The van der Waals surface area contributed by atoms with Crippen LogP contribution in [0, 0.1) is 0 Å². The van der Waals surface area contributed by atoms with E-state index in [1.807, 2.05) is 36.4 Å². The first-order chi connectivity index (χ1) is 11.7. The molecular weight excluding hydrogens is 300 g/mol. The van der Waals surface area contributed by atoms with Crippen molar-refractivity contribution < 1.29 is 14.3 Å². The third kappa shape index (κ3) is 4.13. The largest absolute Gasteiger partial charge is 0.489 e. The Morgan fingerprint density at radius 3 is 2.54 bits per heavy atom. The molecule has 122 valence electrons. The molecule has 0 aliphatic heterocycles. The molecular formula is C21H20O3. The van der Waals surface area contributed by atoms with E-state index in [-0.39, 0.29) is 12.4 Å². The number of fused-ring (bicyclic) bond motifs is 1. The van der Waals surface area contributed by atoms with Crippen LogP contribution in [-0.4, -0.2) is 12.6 Å². The van der Waals surface area contributed by atoms with Gasteiger partial charge >= 0.3 is 5.97 Å². The molecule has 0 spiro atoms. The molecule has 0 aromatic heterocycles. The first-order valence-electron chi connectivity index (χ1n) is 8.09. The maximum absolute atomic E-state index is 11.6. The zero-order valence-corrected chi connectivity index (χ0v) is 13.7. The standard InChI is InChI=1S/C21H20O3/c1-2-23-21(22)14-16-6-5-9-20(13-16)24-15-17-10-11-18-7-3-4-8-19(18)12-17/h3-13H,2,14-15H2,1H3. The molecule has 3 aromatic carbocycles. The number of hydrogen-bond acceptors (Lipinski definition) is 3. The molecule has 0 saturated carbocycles. The third-order valence-corrected chi connectivity index (χ3v) is 3.77. The summed E-state index contributed by atoms with van der Waals surface area (Å²) in [5, 5.41) is 2.42. The van der Waals surface area contributed by atoms with Crippen LogP contribution in [0.3, 0.4) is 0 Å². The lowest BCUT2D eigenvalue weighted by Crippen LogP contribution is -2.07. The number of rotatable bonds is 6. The summed E-state index contributed by atoms with van der Waals surface area (Å²) in [6.07, 6.45) is 0.265. The second kappa shape index (κ2) is 7.64. The Morgan fingerprint density at radius 2 is 1.71 bits per heavy atom. The zero-order valence-electron chi connectivity index (χ0n) is 13.7. The normalized spacial score (nSPS) is 10.5. The highest BCUT2D eigenvalue weighted by atomic mass is 16.5. The van der Waals surface area contributed by atoms with Gasteiger partial charge in [0, 0.05) is 0 Å². The average Bonchev–Trinajstić information content (AvgIpc) is 2.60. The Hall–Kier alpha value is -2.81. The Labute approximate surface area is 141 Å². The predicted octanol–water partition coefficient (Wildman–Crippen LogP) is 4.52. The van der Waals surface area contributed by atoms with Gasteiger partial charge in [-0.3, -0.25) is 4.79 Å². The SMILES string of the molecule is CCOC(=O)Cc1cccc(OCc2ccc3ccccc3c2)c1. The van der Waals surface area contributed by atoms with E-state index in [2.05, 4.69) is 30.3 Å². The van der Waals surface area contributed by atoms with Gasteiger partial charge in [-0.1, -0.05) is 48.5 Å². The molecule has 3 heteroatoms. The van der Waals surface area contributed by atoms with Crippen LogP contribution >= 0.6 is 0 Å². The van der Waals surface area contributed by atoms with E-state index in [0.717, 1.165) is 16.9 Å². The number of ether oxygens (including phenoxy) is 2. The van der Waals surface area contributed by atoms with Crippen LogP contribution in [0.1, 0.15) is 18.1 Å². The van der Waals surface area contributed by atoms with Crippen LogP contribution in [0.5, 0.6) is 5.75 Å². The summed E-state index contributed by atoms with van der Waals surface area (Å²) in [6.45, 7) is 2.70. The minimum absolute atomic E-state index is 0.218. The summed E-state index contributed by atoms with van der Waals surface area (Å²) in [6, 6.07) is 22.2. The molecule has 0 fully saturated rings. The van der Waals surface area contributed by atoms with Gasteiger partial charge in [0.25, 0.3) is 0 Å². The van der Waals surface area contributed by atoms with Crippen molar-refractivity contribution in [1.29, 1.82) is 0 Å². The molecule has 0 heterocycles. The van der Waals surface area contributed by atoms with Gasteiger partial charge in [0.05, 0.1) is 13.0 Å². The molecule has 0 unspecified atom stereocenters. The van der Waals surface area contributed by atoms with Gasteiger partial charge in [0.2, 0.25) is 0 Å². The molecule has 0 bridgehead atoms. The number of carbonyl (C=O) groups is 1. The fourth-order valence-corrected chi connectivity index (χ4v) is 2.62. The van der Waals surface area contributed by atoms with E-state index in [0.29, 0.717) is 13.2 Å². The van der Waals surface area contributed by atoms with Crippen molar-refractivity contribution in [2.75, 3.05) is 6.61 Å². The summed E-state index contributed by atoms with van der Waals surface area (Å²) in [5.41, 5.74) is 2.01. The van der Waals surface area contributed by atoms with Gasteiger partial charge in [-0.2, -0.15) is 0 Å². The highest BCUT2D eigenvalue weighted by molar-refractivity contribution is 5.82. The van der Waals surface area contributed by atoms with E-state index in [1.165, 1.54) is 10.8 Å². The van der Waals surface area contributed by atoms with Crippen molar-refractivity contribution in [2.45, 2.75) is 20.0 Å². The van der Waals surface area contributed by atoms with Gasteiger partial charge in [-0.15, -0.1) is 0 Å². The molecule has 0 aliphatic carbocycles. The maximum atomic E-state index is 11.6. The summed E-state index contributed by atoms with van der Waals surface area (Å²) < 4.78 is 10.8.